The minimum Gasteiger partial charge on any atom is -0.515 e. The van der Waals surface area contributed by atoms with Gasteiger partial charge in [-0.05, 0) is 42.5 Å². The molecule has 1 rings (SSSR count). The van der Waals surface area contributed by atoms with Crippen LogP contribution in [0.15, 0.2) is 56.9 Å². The largest absolute Gasteiger partial charge is 0.515 e. The fourth-order valence-corrected chi connectivity index (χ4v) is 2.44. The predicted octanol–water partition coefficient (Wildman–Crippen LogP) is 3.60. The average Bonchev–Trinajstić information content (AvgIpc) is 2.86. The van der Waals surface area contributed by atoms with Gasteiger partial charge in [0.1, 0.15) is 6.54 Å². The van der Waals surface area contributed by atoms with Gasteiger partial charge in [0, 0.05) is 37.0 Å². The Morgan fingerprint density at radius 1 is 1.46 bits per heavy atom. The summed E-state index contributed by atoms with van der Waals surface area (Å²) in [4.78, 5) is 20.8. The van der Waals surface area contributed by atoms with Gasteiger partial charge in [0.2, 0.25) is 0 Å². The first kappa shape index (κ1) is 21.7. The van der Waals surface area contributed by atoms with Crippen LogP contribution in [0.2, 0.25) is 0 Å². The van der Waals surface area contributed by atoms with Crippen LogP contribution < -0.4 is 0 Å². The Labute approximate surface area is 154 Å². The number of alkyl halides is 4. The number of amides is 1. The lowest BCUT2D eigenvalue weighted by molar-refractivity contribution is -0.124. The lowest BCUT2D eigenvalue weighted by atomic mass is 10.1. The lowest BCUT2D eigenvalue weighted by Gasteiger charge is -2.17. The zero-order valence-corrected chi connectivity index (χ0v) is 14.9. The molecule has 26 heavy (non-hydrogen) atoms. The third-order valence-electron chi connectivity index (χ3n) is 3.31. The Bertz CT molecular complexity index is 692. The molecule has 1 aliphatic heterocycles. The van der Waals surface area contributed by atoms with Crippen molar-refractivity contribution >= 4 is 30.4 Å². The van der Waals surface area contributed by atoms with E-state index in [1.54, 1.807) is 6.92 Å². The number of halogens is 4. The van der Waals surface area contributed by atoms with E-state index in [0.29, 0.717) is 22.3 Å². The van der Waals surface area contributed by atoms with Crippen LogP contribution in [-0.2, 0) is 4.79 Å². The summed E-state index contributed by atoms with van der Waals surface area (Å²) in [6, 6.07) is 0. The number of nitrogens with zero attached hydrogens (tertiary/aromatic N) is 3. The molecule has 0 aromatic rings. The van der Waals surface area contributed by atoms with Crippen molar-refractivity contribution in [2.75, 3.05) is 25.5 Å². The number of allylic oxidation sites excluding steroid dienone is 2. The maximum absolute atomic E-state index is 12.5. The molecule has 1 aliphatic rings. The van der Waals surface area contributed by atoms with Crippen molar-refractivity contribution in [3.63, 3.8) is 0 Å². The van der Waals surface area contributed by atoms with Crippen LogP contribution in [0.25, 0.3) is 0 Å². The van der Waals surface area contributed by atoms with Gasteiger partial charge in [-0.3, -0.25) is 14.8 Å². The van der Waals surface area contributed by atoms with Crippen molar-refractivity contribution in [2.24, 2.45) is 9.98 Å². The molecule has 0 spiro atoms. The Morgan fingerprint density at radius 3 is 2.69 bits per heavy atom. The SMILES string of the molecule is C=N/C=C\C1=C(CCl)CN(CC(/C=N\CC(F)(F)F)=C/C(C)=C/O)C1=O. The third-order valence-corrected chi connectivity index (χ3v) is 3.63. The fraction of sp³-hybridized carbons (Fsp3) is 0.353. The molecule has 0 atom stereocenters. The van der Waals surface area contributed by atoms with Crippen LogP contribution in [0.1, 0.15) is 6.92 Å². The third kappa shape index (κ3) is 6.87. The summed E-state index contributed by atoms with van der Waals surface area (Å²) in [6.45, 7) is 3.79. The summed E-state index contributed by atoms with van der Waals surface area (Å²) in [7, 11) is 0. The van der Waals surface area contributed by atoms with Gasteiger partial charge in [0.15, 0.2) is 0 Å². The number of carbonyl (C=O) groups is 1. The molecule has 0 aliphatic carbocycles. The van der Waals surface area contributed by atoms with Crippen LogP contribution in [0, 0.1) is 0 Å². The van der Waals surface area contributed by atoms with Gasteiger partial charge in [0.05, 0.1) is 6.26 Å². The number of hydrogen-bond donors (Lipinski definition) is 1. The van der Waals surface area contributed by atoms with Crippen molar-refractivity contribution in [3.8, 4) is 0 Å². The van der Waals surface area contributed by atoms with Crippen molar-refractivity contribution in [1.29, 1.82) is 0 Å². The van der Waals surface area contributed by atoms with Crippen molar-refractivity contribution in [2.45, 2.75) is 13.1 Å². The molecule has 142 valence electrons. The maximum Gasteiger partial charge on any atom is 0.407 e. The second-order valence-electron chi connectivity index (χ2n) is 5.49. The molecule has 0 fully saturated rings. The van der Waals surface area contributed by atoms with E-state index in [1.165, 1.54) is 23.3 Å². The minimum atomic E-state index is -4.42. The minimum absolute atomic E-state index is 0.0185. The second kappa shape index (κ2) is 9.96. The van der Waals surface area contributed by atoms with E-state index < -0.39 is 12.7 Å². The molecule has 1 amide bonds. The molecule has 0 saturated carbocycles. The van der Waals surface area contributed by atoms with Gasteiger partial charge >= 0.3 is 6.18 Å². The molecule has 5 nitrogen and oxygen atoms in total. The topological polar surface area (TPSA) is 65.3 Å². The number of aliphatic hydroxyl groups excluding tert-OH is 1. The molecule has 0 aromatic carbocycles. The quantitative estimate of drug-likeness (QED) is 0.298. The van der Waals surface area contributed by atoms with E-state index >= 15 is 0 Å². The fourth-order valence-electron chi connectivity index (χ4n) is 2.21. The molecule has 1 N–H and O–H groups in total. The monoisotopic (exact) mass is 389 g/mol. The highest BCUT2D eigenvalue weighted by Gasteiger charge is 2.29. The highest BCUT2D eigenvalue weighted by Crippen LogP contribution is 2.23. The zero-order chi connectivity index (χ0) is 19.7. The summed E-state index contributed by atoms with van der Waals surface area (Å²) >= 11 is 5.86. The van der Waals surface area contributed by atoms with Crippen molar-refractivity contribution < 1.29 is 23.1 Å². The maximum atomic E-state index is 12.5. The van der Waals surface area contributed by atoms with Crippen LogP contribution in [0.5, 0.6) is 0 Å². The van der Waals surface area contributed by atoms with Gasteiger partial charge in [-0.2, -0.15) is 13.2 Å². The Kier molecular flexibility index (Phi) is 8.31. The smallest absolute Gasteiger partial charge is 0.407 e. The van der Waals surface area contributed by atoms with E-state index in [9.17, 15) is 18.0 Å². The molecule has 0 bridgehead atoms. The van der Waals surface area contributed by atoms with Crippen molar-refractivity contribution in [3.05, 3.63) is 46.9 Å². The average molecular weight is 390 g/mol. The molecule has 1 heterocycles. The van der Waals surface area contributed by atoms with Crippen LogP contribution in [0.4, 0.5) is 13.2 Å². The van der Waals surface area contributed by atoms with Crippen LogP contribution in [-0.4, -0.2) is 60.5 Å². The summed E-state index contributed by atoms with van der Waals surface area (Å²) in [5.74, 6) is -0.183. The lowest BCUT2D eigenvalue weighted by Crippen LogP contribution is -2.29. The number of carbonyl (C=O) groups excluding carboxylic acids is 1. The summed E-state index contributed by atoms with van der Waals surface area (Å²) in [5.41, 5.74) is 1.81. The van der Waals surface area contributed by atoms with Crippen molar-refractivity contribution in [1.82, 2.24) is 4.90 Å². The molecular formula is C17H19ClF3N3O2. The predicted molar refractivity (Wildman–Crippen MR) is 96.9 cm³/mol. The Balaban J connectivity index is 2.99. The summed E-state index contributed by atoms with van der Waals surface area (Å²) < 4.78 is 36.8. The number of rotatable bonds is 8. The summed E-state index contributed by atoms with van der Waals surface area (Å²) in [5, 5.41) is 9.01. The molecule has 0 saturated heterocycles. The van der Waals surface area contributed by atoms with Gasteiger partial charge in [0.25, 0.3) is 5.91 Å². The van der Waals surface area contributed by atoms with E-state index in [0.717, 1.165) is 12.5 Å². The second-order valence-corrected chi connectivity index (χ2v) is 5.75. The normalized spacial score (nSPS) is 17.3. The zero-order valence-electron chi connectivity index (χ0n) is 14.1. The first-order valence-corrected chi connectivity index (χ1v) is 8.03. The number of aliphatic hydroxyl groups is 1. The van der Waals surface area contributed by atoms with E-state index in [2.05, 4.69) is 16.7 Å². The molecule has 9 heteroatoms. The Morgan fingerprint density at radius 2 is 2.15 bits per heavy atom. The van der Waals surface area contributed by atoms with Gasteiger partial charge < -0.3 is 10.0 Å². The molecule has 0 radical (unpaired) electrons. The van der Waals surface area contributed by atoms with Gasteiger partial charge in [-0.15, -0.1) is 11.6 Å². The number of hydrogen-bond acceptors (Lipinski definition) is 4. The highest BCUT2D eigenvalue weighted by molar-refractivity contribution is 6.20. The van der Waals surface area contributed by atoms with E-state index in [-0.39, 0.29) is 24.9 Å². The van der Waals surface area contributed by atoms with Gasteiger partial charge in [-0.1, -0.05) is 0 Å². The van der Waals surface area contributed by atoms with Crippen LogP contribution >= 0.6 is 11.6 Å². The standard InChI is InChI=1S/C17H19ClF3N3O2/c1-12(10-25)5-13(7-23-11-17(19,20)21)8-24-9-14(6-18)15(16(24)26)3-4-22-2/h3-5,7,10,25H,2,6,8-9,11H2,1H3/b4-3-,12-10+,13-5+,23-7-. The summed E-state index contributed by atoms with van der Waals surface area (Å²) in [6.07, 6.45) is 1.75. The highest BCUT2D eigenvalue weighted by atomic mass is 35.5. The first-order chi connectivity index (χ1) is 12.2. The van der Waals surface area contributed by atoms with E-state index in [4.69, 9.17) is 16.7 Å². The molecule has 0 unspecified atom stereocenters. The Hall–Kier alpha value is -2.35. The molecular weight excluding hydrogens is 371 g/mol. The first-order valence-electron chi connectivity index (χ1n) is 7.49. The van der Waals surface area contributed by atoms with E-state index in [1.807, 2.05) is 0 Å². The van der Waals surface area contributed by atoms with Gasteiger partial charge in [-0.25, -0.2) is 0 Å². The number of aliphatic imine (C=N–C) groups is 2. The van der Waals surface area contributed by atoms with Crippen LogP contribution in [0.3, 0.4) is 0 Å². The molecule has 0 aromatic heterocycles.